The Morgan fingerprint density at radius 2 is 1.39 bits per heavy atom. The van der Waals surface area contributed by atoms with Gasteiger partial charge < -0.3 is 15.0 Å². The number of amides is 1. The largest absolute Gasteiger partial charge is 0.494 e. The summed E-state index contributed by atoms with van der Waals surface area (Å²) in [4.78, 5) is 16.2. The van der Waals surface area contributed by atoms with Crippen LogP contribution in [-0.2, 0) is 17.8 Å². The summed E-state index contributed by atoms with van der Waals surface area (Å²) in [6.45, 7) is 6.08. The number of hydrogen-bond acceptors (Lipinski definition) is 4. The first kappa shape index (κ1) is 30.1. The Bertz CT molecular complexity index is 956. The van der Waals surface area contributed by atoms with E-state index in [9.17, 15) is 4.79 Å². The number of rotatable bonds is 19. The first-order chi connectivity index (χ1) is 18.6. The van der Waals surface area contributed by atoms with E-state index < -0.39 is 0 Å². The maximum atomic E-state index is 12.5. The molecule has 0 aromatic heterocycles. The topological polar surface area (TPSA) is 41.6 Å². The lowest BCUT2D eigenvalue weighted by Crippen LogP contribution is -2.15. The van der Waals surface area contributed by atoms with Gasteiger partial charge in [-0.3, -0.25) is 4.79 Å². The third kappa shape index (κ3) is 12.4. The zero-order chi connectivity index (χ0) is 26.8. The molecule has 1 heterocycles. The molecule has 1 aliphatic rings. The molecule has 0 saturated heterocycles. The van der Waals surface area contributed by atoms with E-state index in [1.807, 2.05) is 48.2 Å². The molecule has 5 heteroatoms. The number of unbranched alkanes of at least 4 members (excludes halogenated alkanes) is 11. The normalized spacial score (nSPS) is 13.0. The van der Waals surface area contributed by atoms with Crippen LogP contribution in [0.1, 0.15) is 102 Å². The lowest BCUT2D eigenvalue weighted by atomic mass is 10.1. The van der Waals surface area contributed by atoms with Gasteiger partial charge in [0.05, 0.1) is 18.9 Å². The maximum absolute atomic E-state index is 12.5. The highest BCUT2D eigenvalue weighted by molar-refractivity contribution is 8.03. The lowest BCUT2D eigenvalue weighted by molar-refractivity contribution is -0.115. The fourth-order valence-electron chi connectivity index (χ4n) is 4.76. The standard InChI is InChI=1S/C33H48N2O2S/c1-3-4-5-6-7-8-9-10-11-12-13-14-23-37-32-21-17-29(18-22-32)24-33(36)34-31-19-15-30(16-20-31)26-35-25-28(2)38-27-35/h15-22,25H,3-14,23-24,26-27H2,1-2H3,(H,34,36). The lowest BCUT2D eigenvalue weighted by Gasteiger charge is -2.14. The molecule has 2 aromatic rings. The van der Waals surface area contributed by atoms with Gasteiger partial charge in [0.15, 0.2) is 0 Å². The number of nitrogens with one attached hydrogen (secondary N) is 1. The number of benzene rings is 2. The molecule has 38 heavy (non-hydrogen) atoms. The van der Waals surface area contributed by atoms with Gasteiger partial charge in [-0.15, -0.1) is 11.8 Å². The van der Waals surface area contributed by atoms with Crippen molar-refractivity contribution in [3.8, 4) is 5.75 Å². The average molecular weight is 537 g/mol. The Kier molecular flexibility index (Phi) is 14.3. The molecule has 0 unspecified atom stereocenters. The van der Waals surface area contributed by atoms with Crippen LogP contribution < -0.4 is 10.1 Å². The number of anilines is 1. The second-order valence-electron chi connectivity index (χ2n) is 10.6. The van der Waals surface area contributed by atoms with Crippen molar-refractivity contribution in [3.63, 3.8) is 0 Å². The molecular formula is C33H48N2O2S. The summed E-state index contributed by atoms with van der Waals surface area (Å²) >= 11 is 1.87. The van der Waals surface area contributed by atoms with Gasteiger partial charge in [-0.25, -0.2) is 0 Å². The minimum Gasteiger partial charge on any atom is -0.494 e. The number of hydrogen-bond donors (Lipinski definition) is 1. The second-order valence-corrected chi connectivity index (χ2v) is 11.8. The van der Waals surface area contributed by atoms with E-state index in [0.29, 0.717) is 6.42 Å². The minimum atomic E-state index is -0.00240. The van der Waals surface area contributed by atoms with E-state index in [1.165, 1.54) is 81.1 Å². The molecular weight excluding hydrogens is 488 g/mol. The van der Waals surface area contributed by atoms with E-state index in [0.717, 1.165) is 42.4 Å². The van der Waals surface area contributed by atoms with E-state index in [2.05, 4.69) is 42.4 Å². The summed E-state index contributed by atoms with van der Waals surface area (Å²) in [5.41, 5.74) is 3.07. The molecule has 1 amide bonds. The fraction of sp³-hybridized carbons (Fsp3) is 0.545. The molecule has 2 aromatic carbocycles. The van der Waals surface area contributed by atoms with Crippen LogP contribution in [0.2, 0.25) is 0 Å². The number of ether oxygens (including phenoxy) is 1. The summed E-state index contributed by atoms with van der Waals surface area (Å²) in [5, 5.41) is 3.01. The number of thioether (sulfide) groups is 1. The third-order valence-electron chi connectivity index (χ3n) is 7.00. The highest BCUT2D eigenvalue weighted by Crippen LogP contribution is 2.26. The van der Waals surface area contributed by atoms with Crippen molar-refractivity contribution in [1.29, 1.82) is 0 Å². The van der Waals surface area contributed by atoms with Crippen LogP contribution in [-0.4, -0.2) is 23.3 Å². The molecule has 0 radical (unpaired) electrons. The monoisotopic (exact) mass is 536 g/mol. The van der Waals surface area contributed by atoms with Gasteiger partial charge in [-0.2, -0.15) is 0 Å². The van der Waals surface area contributed by atoms with Crippen LogP contribution >= 0.6 is 11.8 Å². The Morgan fingerprint density at radius 3 is 1.97 bits per heavy atom. The van der Waals surface area contributed by atoms with Gasteiger partial charge in [-0.05, 0) is 53.6 Å². The van der Waals surface area contributed by atoms with Gasteiger partial charge in [-0.1, -0.05) is 102 Å². The summed E-state index contributed by atoms with van der Waals surface area (Å²) < 4.78 is 5.91. The van der Waals surface area contributed by atoms with E-state index in [1.54, 1.807) is 0 Å². The molecule has 0 saturated carbocycles. The molecule has 1 aliphatic heterocycles. The summed E-state index contributed by atoms with van der Waals surface area (Å²) in [7, 11) is 0. The molecule has 4 nitrogen and oxygen atoms in total. The highest BCUT2D eigenvalue weighted by Gasteiger charge is 2.10. The molecule has 0 aliphatic carbocycles. The van der Waals surface area contributed by atoms with Gasteiger partial charge in [0.25, 0.3) is 0 Å². The molecule has 3 rings (SSSR count). The highest BCUT2D eigenvalue weighted by atomic mass is 32.2. The summed E-state index contributed by atoms with van der Waals surface area (Å²) in [6.07, 6.45) is 18.7. The molecule has 0 fully saturated rings. The Labute approximate surface area is 235 Å². The van der Waals surface area contributed by atoms with Crippen molar-refractivity contribution in [2.24, 2.45) is 0 Å². The number of carbonyl (C=O) groups is 1. The number of carbonyl (C=O) groups excluding carboxylic acids is 1. The van der Waals surface area contributed by atoms with Crippen LogP contribution in [0.25, 0.3) is 0 Å². The summed E-state index contributed by atoms with van der Waals surface area (Å²) in [5.74, 6) is 1.89. The van der Waals surface area contributed by atoms with Crippen LogP contribution in [0.4, 0.5) is 5.69 Å². The van der Waals surface area contributed by atoms with Gasteiger partial charge in [0, 0.05) is 18.4 Å². The van der Waals surface area contributed by atoms with E-state index >= 15 is 0 Å². The number of nitrogens with zero attached hydrogens (tertiary/aromatic N) is 1. The van der Waals surface area contributed by atoms with Crippen molar-refractivity contribution in [3.05, 3.63) is 70.8 Å². The predicted octanol–water partition coefficient (Wildman–Crippen LogP) is 9.32. The number of allylic oxidation sites excluding steroid dienone is 1. The second kappa shape index (κ2) is 18.0. The molecule has 0 atom stereocenters. The van der Waals surface area contributed by atoms with Crippen LogP contribution in [0.15, 0.2) is 59.6 Å². The minimum absolute atomic E-state index is 0.00240. The predicted molar refractivity (Wildman–Crippen MR) is 164 cm³/mol. The molecule has 208 valence electrons. The van der Waals surface area contributed by atoms with Crippen molar-refractivity contribution >= 4 is 23.4 Å². The molecule has 1 N–H and O–H groups in total. The Balaban J connectivity index is 1.22. The van der Waals surface area contributed by atoms with Crippen LogP contribution in [0, 0.1) is 0 Å². The van der Waals surface area contributed by atoms with Crippen LogP contribution in [0.3, 0.4) is 0 Å². The zero-order valence-corrected chi connectivity index (χ0v) is 24.5. The maximum Gasteiger partial charge on any atom is 0.228 e. The van der Waals surface area contributed by atoms with Crippen molar-refractivity contribution < 1.29 is 9.53 Å². The average Bonchev–Trinajstić information content (AvgIpc) is 3.33. The van der Waals surface area contributed by atoms with Crippen molar-refractivity contribution in [2.45, 2.75) is 104 Å². The fourth-order valence-corrected chi connectivity index (χ4v) is 5.52. The van der Waals surface area contributed by atoms with Gasteiger partial charge in [0.1, 0.15) is 5.75 Å². The Morgan fingerprint density at radius 1 is 0.816 bits per heavy atom. The first-order valence-electron chi connectivity index (χ1n) is 14.8. The smallest absolute Gasteiger partial charge is 0.228 e. The third-order valence-corrected chi connectivity index (χ3v) is 8.02. The van der Waals surface area contributed by atoms with Crippen molar-refractivity contribution in [1.82, 2.24) is 4.90 Å². The van der Waals surface area contributed by atoms with E-state index in [-0.39, 0.29) is 5.91 Å². The SMILES string of the molecule is CCCCCCCCCCCCCCOc1ccc(CC(=O)Nc2ccc(CN3C=C(C)SC3)cc2)cc1. The van der Waals surface area contributed by atoms with Gasteiger partial charge >= 0.3 is 0 Å². The quantitative estimate of drug-likeness (QED) is 0.182. The van der Waals surface area contributed by atoms with Gasteiger partial charge in [0.2, 0.25) is 5.91 Å². The first-order valence-corrected chi connectivity index (χ1v) is 15.8. The molecule has 0 spiro atoms. The Hall–Kier alpha value is -2.40. The zero-order valence-electron chi connectivity index (χ0n) is 23.7. The van der Waals surface area contributed by atoms with E-state index in [4.69, 9.17) is 4.74 Å². The van der Waals surface area contributed by atoms with Crippen molar-refractivity contribution in [2.75, 3.05) is 17.8 Å². The molecule has 0 bridgehead atoms. The summed E-state index contributed by atoms with van der Waals surface area (Å²) in [6, 6.07) is 16.1. The van der Waals surface area contributed by atoms with Crippen LogP contribution in [0.5, 0.6) is 5.75 Å².